The van der Waals surface area contributed by atoms with E-state index in [1.807, 2.05) is 43.3 Å². The van der Waals surface area contributed by atoms with Crippen LogP contribution in [0, 0.1) is 6.92 Å². The van der Waals surface area contributed by atoms with Crippen molar-refractivity contribution in [3.63, 3.8) is 0 Å². The summed E-state index contributed by atoms with van der Waals surface area (Å²) in [6.07, 6.45) is 0. The standard InChI is InChI=1S/C14H11Br2ClO/c1-9-2-5-12(17)14(6-9)18-13-7-11(16)4-3-10(13)8-15/h2-7H,8H2,1H3. The Morgan fingerprint density at radius 2 is 1.89 bits per heavy atom. The molecule has 0 aliphatic carbocycles. The van der Waals surface area contributed by atoms with Crippen LogP contribution in [-0.2, 0) is 5.33 Å². The minimum Gasteiger partial charge on any atom is -0.455 e. The molecule has 1 nitrogen and oxygen atoms in total. The Hall–Kier alpha value is -0.510. The molecule has 4 heteroatoms. The van der Waals surface area contributed by atoms with Crippen molar-refractivity contribution in [2.45, 2.75) is 12.3 Å². The molecule has 2 aromatic carbocycles. The lowest BCUT2D eigenvalue weighted by Crippen LogP contribution is -1.91. The van der Waals surface area contributed by atoms with Gasteiger partial charge < -0.3 is 4.74 Å². The first-order valence-electron chi connectivity index (χ1n) is 5.38. The van der Waals surface area contributed by atoms with E-state index in [1.165, 1.54) is 0 Å². The molecule has 0 unspecified atom stereocenters. The number of alkyl halides is 1. The van der Waals surface area contributed by atoms with Crippen LogP contribution in [0.25, 0.3) is 0 Å². The van der Waals surface area contributed by atoms with E-state index in [0.717, 1.165) is 26.7 Å². The van der Waals surface area contributed by atoms with Gasteiger partial charge in [0.05, 0.1) is 5.02 Å². The van der Waals surface area contributed by atoms with Gasteiger partial charge in [0.2, 0.25) is 0 Å². The Morgan fingerprint density at radius 3 is 2.61 bits per heavy atom. The maximum Gasteiger partial charge on any atom is 0.146 e. The van der Waals surface area contributed by atoms with Crippen molar-refractivity contribution in [1.29, 1.82) is 0 Å². The highest BCUT2D eigenvalue weighted by molar-refractivity contribution is 9.10. The molecular weight excluding hydrogens is 379 g/mol. The van der Waals surface area contributed by atoms with E-state index < -0.39 is 0 Å². The van der Waals surface area contributed by atoms with Crippen molar-refractivity contribution >= 4 is 43.5 Å². The third-order valence-corrected chi connectivity index (χ3v) is 3.89. The predicted molar refractivity (Wildman–Crippen MR) is 83.0 cm³/mol. The first-order valence-corrected chi connectivity index (χ1v) is 7.68. The van der Waals surface area contributed by atoms with Crippen molar-refractivity contribution in [3.05, 3.63) is 57.0 Å². The first kappa shape index (κ1) is 13.9. The third-order valence-electron chi connectivity index (χ3n) is 2.48. The molecule has 0 N–H and O–H groups in total. The van der Waals surface area contributed by atoms with Gasteiger partial charge in [-0.3, -0.25) is 0 Å². The number of aryl methyl sites for hydroxylation is 1. The molecule has 18 heavy (non-hydrogen) atoms. The summed E-state index contributed by atoms with van der Waals surface area (Å²) in [6.45, 7) is 2.01. The summed E-state index contributed by atoms with van der Waals surface area (Å²) < 4.78 is 6.88. The van der Waals surface area contributed by atoms with Crippen molar-refractivity contribution in [2.24, 2.45) is 0 Å². The molecule has 0 heterocycles. The third kappa shape index (κ3) is 3.28. The number of ether oxygens (including phenoxy) is 1. The van der Waals surface area contributed by atoms with Gasteiger partial charge >= 0.3 is 0 Å². The molecule has 0 aliphatic rings. The van der Waals surface area contributed by atoms with Gasteiger partial charge in [-0.1, -0.05) is 55.6 Å². The summed E-state index contributed by atoms with van der Waals surface area (Å²) in [5, 5.41) is 1.35. The lowest BCUT2D eigenvalue weighted by atomic mass is 10.2. The van der Waals surface area contributed by atoms with Crippen LogP contribution in [0.4, 0.5) is 0 Å². The molecule has 2 rings (SSSR count). The van der Waals surface area contributed by atoms with E-state index in [9.17, 15) is 0 Å². The molecule has 0 atom stereocenters. The molecule has 0 radical (unpaired) electrons. The summed E-state index contributed by atoms with van der Waals surface area (Å²) in [4.78, 5) is 0. The topological polar surface area (TPSA) is 9.23 Å². The fourth-order valence-electron chi connectivity index (χ4n) is 1.54. The number of rotatable bonds is 3. The molecule has 0 fully saturated rings. The number of benzene rings is 2. The van der Waals surface area contributed by atoms with Gasteiger partial charge in [0, 0.05) is 15.4 Å². The van der Waals surface area contributed by atoms with E-state index in [-0.39, 0.29) is 0 Å². The number of hydrogen-bond donors (Lipinski definition) is 0. The zero-order chi connectivity index (χ0) is 13.1. The SMILES string of the molecule is Cc1ccc(Cl)c(Oc2cc(Br)ccc2CBr)c1. The van der Waals surface area contributed by atoms with Crippen LogP contribution >= 0.6 is 43.5 Å². The molecular formula is C14H11Br2ClO. The number of hydrogen-bond acceptors (Lipinski definition) is 1. The summed E-state index contributed by atoms with van der Waals surface area (Å²) >= 11 is 13.0. The fraction of sp³-hybridized carbons (Fsp3) is 0.143. The molecule has 94 valence electrons. The second-order valence-corrected chi connectivity index (χ2v) is 5.81. The largest absolute Gasteiger partial charge is 0.455 e. The van der Waals surface area contributed by atoms with E-state index in [2.05, 4.69) is 31.9 Å². The summed E-state index contributed by atoms with van der Waals surface area (Å²) in [6, 6.07) is 11.7. The van der Waals surface area contributed by atoms with Crippen LogP contribution in [0.3, 0.4) is 0 Å². The highest BCUT2D eigenvalue weighted by Crippen LogP contribution is 2.34. The van der Waals surface area contributed by atoms with Gasteiger partial charge in [0.25, 0.3) is 0 Å². The minimum absolute atomic E-state index is 0.612. The normalized spacial score (nSPS) is 10.4. The molecule has 0 saturated heterocycles. The van der Waals surface area contributed by atoms with Crippen LogP contribution in [0.5, 0.6) is 11.5 Å². The Balaban J connectivity index is 2.38. The van der Waals surface area contributed by atoms with Crippen molar-refractivity contribution in [3.8, 4) is 11.5 Å². The lowest BCUT2D eigenvalue weighted by Gasteiger charge is -2.12. The molecule has 0 saturated carbocycles. The smallest absolute Gasteiger partial charge is 0.146 e. The molecule has 0 amide bonds. The van der Waals surface area contributed by atoms with Gasteiger partial charge in [-0.25, -0.2) is 0 Å². The zero-order valence-electron chi connectivity index (χ0n) is 9.71. The van der Waals surface area contributed by atoms with E-state index in [4.69, 9.17) is 16.3 Å². The Kier molecular flexibility index (Phi) is 4.71. The van der Waals surface area contributed by atoms with E-state index >= 15 is 0 Å². The quantitative estimate of drug-likeness (QED) is 0.576. The van der Waals surface area contributed by atoms with Gasteiger partial charge in [-0.2, -0.15) is 0 Å². The fourth-order valence-corrected chi connectivity index (χ4v) is 2.50. The summed E-state index contributed by atoms with van der Waals surface area (Å²) in [5.74, 6) is 1.48. The molecule has 0 bridgehead atoms. The first-order chi connectivity index (χ1) is 8.60. The van der Waals surface area contributed by atoms with Crippen molar-refractivity contribution < 1.29 is 4.74 Å². The summed E-state index contributed by atoms with van der Waals surface area (Å²) in [7, 11) is 0. The van der Waals surface area contributed by atoms with E-state index in [1.54, 1.807) is 0 Å². The van der Waals surface area contributed by atoms with Crippen LogP contribution < -0.4 is 4.74 Å². The highest BCUT2D eigenvalue weighted by Gasteiger charge is 2.08. The summed E-state index contributed by atoms with van der Waals surface area (Å²) in [5.41, 5.74) is 2.19. The number of halogens is 3. The molecule has 0 aromatic heterocycles. The molecule has 2 aromatic rings. The molecule has 0 aliphatic heterocycles. The van der Waals surface area contributed by atoms with Gasteiger partial charge in [-0.05, 0) is 36.8 Å². The van der Waals surface area contributed by atoms with Gasteiger partial charge in [0.15, 0.2) is 0 Å². The second-order valence-electron chi connectivity index (χ2n) is 3.92. The van der Waals surface area contributed by atoms with Crippen LogP contribution in [0.1, 0.15) is 11.1 Å². The lowest BCUT2D eigenvalue weighted by molar-refractivity contribution is 0.478. The molecule has 0 spiro atoms. The second kappa shape index (κ2) is 6.09. The predicted octanol–water partition coefficient (Wildman–Crippen LogP) is 6.10. The van der Waals surface area contributed by atoms with Crippen molar-refractivity contribution in [2.75, 3.05) is 0 Å². The van der Waals surface area contributed by atoms with Crippen LogP contribution in [0.2, 0.25) is 5.02 Å². The van der Waals surface area contributed by atoms with Crippen LogP contribution in [0.15, 0.2) is 40.9 Å². The van der Waals surface area contributed by atoms with Gasteiger partial charge in [0.1, 0.15) is 11.5 Å². The maximum atomic E-state index is 6.13. The Bertz CT molecular complexity index is 570. The average molecular weight is 391 g/mol. The Labute approximate surface area is 128 Å². The van der Waals surface area contributed by atoms with Crippen molar-refractivity contribution in [1.82, 2.24) is 0 Å². The monoisotopic (exact) mass is 388 g/mol. The van der Waals surface area contributed by atoms with Crippen LogP contribution in [-0.4, -0.2) is 0 Å². The Morgan fingerprint density at radius 1 is 1.11 bits per heavy atom. The highest BCUT2D eigenvalue weighted by atomic mass is 79.9. The minimum atomic E-state index is 0.612. The van der Waals surface area contributed by atoms with Gasteiger partial charge in [-0.15, -0.1) is 0 Å². The maximum absolute atomic E-state index is 6.13. The zero-order valence-corrected chi connectivity index (χ0v) is 13.6. The van der Waals surface area contributed by atoms with E-state index in [0.29, 0.717) is 10.8 Å². The average Bonchev–Trinajstić information content (AvgIpc) is 2.34.